The number of nitrogens with zero attached hydrogens (tertiary/aromatic N) is 2. The Balaban J connectivity index is 2.19. The topological polar surface area (TPSA) is 72.9 Å². The van der Waals surface area contributed by atoms with Crippen LogP contribution in [0.3, 0.4) is 0 Å². The third kappa shape index (κ3) is 5.19. The van der Waals surface area contributed by atoms with Gasteiger partial charge in [0.05, 0.1) is 5.41 Å². The molecular weight excluding hydrogens is 270 g/mol. The first-order valence-corrected chi connectivity index (χ1v) is 7.72. The van der Waals surface area contributed by atoms with Crippen LogP contribution in [0.15, 0.2) is 0 Å². The first kappa shape index (κ1) is 17.8. The number of urea groups is 1. The molecule has 6 heteroatoms. The molecule has 0 aromatic heterocycles. The number of unbranched alkanes of at least 4 members (excludes halogenated alkanes) is 1. The summed E-state index contributed by atoms with van der Waals surface area (Å²) in [6, 6.07) is 0.398. The lowest BCUT2D eigenvalue weighted by Crippen LogP contribution is -2.41. The number of carbonyl (C=O) groups is 2. The van der Waals surface area contributed by atoms with Crippen molar-refractivity contribution < 1.29 is 14.7 Å². The zero-order chi connectivity index (χ0) is 16.0. The summed E-state index contributed by atoms with van der Waals surface area (Å²) in [7, 11) is 2.10. The number of nitrogens with one attached hydrogen (secondary N) is 1. The van der Waals surface area contributed by atoms with Crippen molar-refractivity contribution in [1.29, 1.82) is 0 Å². The Morgan fingerprint density at radius 3 is 2.57 bits per heavy atom. The molecular formula is C15H29N3O3. The van der Waals surface area contributed by atoms with Gasteiger partial charge < -0.3 is 20.2 Å². The van der Waals surface area contributed by atoms with Gasteiger partial charge in [-0.1, -0.05) is 0 Å². The number of amides is 2. The van der Waals surface area contributed by atoms with Gasteiger partial charge in [-0.05, 0) is 53.6 Å². The van der Waals surface area contributed by atoms with Gasteiger partial charge in [0.1, 0.15) is 0 Å². The van der Waals surface area contributed by atoms with Gasteiger partial charge in [0, 0.05) is 25.7 Å². The van der Waals surface area contributed by atoms with Crippen LogP contribution in [0.2, 0.25) is 0 Å². The Morgan fingerprint density at radius 1 is 1.38 bits per heavy atom. The second-order valence-corrected chi connectivity index (χ2v) is 6.55. The van der Waals surface area contributed by atoms with Crippen LogP contribution in [-0.2, 0) is 4.79 Å². The van der Waals surface area contributed by atoms with Gasteiger partial charge in [0.25, 0.3) is 0 Å². The molecule has 1 atom stereocenters. The lowest BCUT2D eigenvalue weighted by atomic mass is 9.90. The highest BCUT2D eigenvalue weighted by atomic mass is 16.4. The van der Waals surface area contributed by atoms with Crippen molar-refractivity contribution in [2.24, 2.45) is 5.41 Å². The smallest absolute Gasteiger partial charge is 0.317 e. The van der Waals surface area contributed by atoms with Crippen LogP contribution < -0.4 is 5.32 Å². The minimum Gasteiger partial charge on any atom is -0.481 e. The monoisotopic (exact) mass is 299 g/mol. The van der Waals surface area contributed by atoms with E-state index in [1.807, 2.05) is 0 Å². The Labute approximate surface area is 127 Å². The van der Waals surface area contributed by atoms with Crippen LogP contribution in [-0.4, -0.2) is 66.2 Å². The maximum absolute atomic E-state index is 12.0. The zero-order valence-corrected chi connectivity index (χ0v) is 13.7. The van der Waals surface area contributed by atoms with E-state index in [1.165, 1.54) is 0 Å². The molecule has 6 nitrogen and oxygen atoms in total. The second-order valence-electron chi connectivity index (χ2n) is 6.55. The highest BCUT2D eigenvalue weighted by Crippen LogP contribution is 2.29. The van der Waals surface area contributed by atoms with Crippen molar-refractivity contribution in [3.8, 4) is 0 Å². The molecule has 1 unspecified atom stereocenters. The molecule has 1 aliphatic heterocycles. The lowest BCUT2D eigenvalue weighted by molar-refractivity contribution is -0.146. The molecule has 1 heterocycles. The van der Waals surface area contributed by atoms with Crippen molar-refractivity contribution >= 4 is 12.0 Å². The van der Waals surface area contributed by atoms with Crippen LogP contribution >= 0.6 is 0 Å². The van der Waals surface area contributed by atoms with Crippen LogP contribution in [0.25, 0.3) is 0 Å². The average molecular weight is 299 g/mol. The number of likely N-dealkylation sites (tertiary alicyclic amines) is 1. The van der Waals surface area contributed by atoms with E-state index in [4.69, 9.17) is 5.11 Å². The summed E-state index contributed by atoms with van der Waals surface area (Å²) in [6.07, 6.45) is 2.50. The zero-order valence-electron chi connectivity index (χ0n) is 13.7. The summed E-state index contributed by atoms with van der Waals surface area (Å²) in [5, 5.41) is 12.0. The number of rotatable bonds is 7. The summed E-state index contributed by atoms with van der Waals surface area (Å²) in [5.74, 6) is -0.825. The predicted molar refractivity (Wildman–Crippen MR) is 82.3 cm³/mol. The molecule has 21 heavy (non-hydrogen) atoms. The van der Waals surface area contributed by atoms with Gasteiger partial charge in [-0.25, -0.2) is 4.79 Å². The van der Waals surface area contributed by atoms with Gasteiger partial charge in [-0.3, -0.25) is 4.79 Å². The Kier molecular flexibility index (Phi) is 6.45. The summed E-state index contributed by atoms with van der Waals surface area (Å²) >= 11 is 0. The molecule has 0 radical (unpaired) electrons. The third-order valence-corrected chi connectivity index (χ3v) is 4.37. The largest absolute Gasteiger partial charge is 0.481 e. The standard InChI is InChI=1S/C15H29N3O3/c1-12(2)17(4)9-6-5-8-16-14(21)18-10-7-15(3,11-18)13(19)20/h12H,5-11H2,1-4H3,(H,16,21)(H,19,20). The molecule has 0 saturated carbocycles. The number of carboxylic acid groups (broad SMARTS) is 1. The van der Waals surface area contributed by atoms with Crippen LogP contribution in [0.1, 0.15) is 40.0 Å². The quantitative estimate of drug-likeness (QED) is 0.701. The maximum Gasteiger partial charge on any atom is 0.317 e. The minimum atomic E-state index is -0.825. The Hall–Kier alpha value is -1.30. The third-order valence-electron chi connectivity index (χ3n) is 4.37. The molecule has 1 fully saturated rings. The number of hydrogen-bond acceptors (Lipinski definition) is 3. The normalized spacial score (nSPS) is 22.1. The van der Waals surface area contributed by atoms with Gasteiger partial charge >= 0.3 is 12.0 Å². The summed E-state index contributed by atoms with van der Waals surface area (Å²) in [6.45, 7) is 8.50. The first-order chi connectivity index (χ1) is 9.76. The number of carboxylic acids is 1. The fraction of sp³-hybridized carbons (Fsp3) is 0.867. The van der Waals surface area contributed by atoms with E-state index in [0.29, 0.717) is 32.1 Å². The second kappa shape index (κ2) is 7.64. The molecule has 0 spiro atoms. The Bertz CT molecular complexity index is 373. The number of hydrogen-bond donors (Lipinski definition) is 2. The molecule has 1 aliphatic rings. The van der Waals surface area contributed by atoms with Crippen molar-refractivity contribution in [1.82, 2.24) is 15.1 Å². The highest BCUT2D eigenvalue weighted by molar-refractivity contribution is 5.79. The molecule has 0 bridgehead atoms. The van der Waals surface area contributed by atoms with E-state index in [-0.39, 0.29) is 6.03 Å². The van der Waals surface area contributed by atoms with Crippen molar-refractivity contribution in [3.05, 3.63) is 0 Å². The summed E-state index contributed by atoms with van der Waals surface area (Å²) in [4.78, 5) is 27.0. The first-order valence-electron chi connectivity index (χ1n) is 7.72. The van der Waals surface area contributed by atoms with Gasteiger partial charge in [-0.2, -0.15) is 0 Å². The van der Waals surface area contributed by atoms with Crippen molar-refractivity contribution in [2.45, 2.75) is 46.1 Å². The van der Waals surface area contributed by atoms with E-state index in [2.05, 4.69) is 31.1 Å². The van der Waals surface area contributed by atoms with Gasteiger partial charge in [0.2, 0.25) is 0 Å². The predicted octanol–water partition coefficient (Wildman–Crippen LogP) is 1.61. The minimum absolute atomic E-state index is 0.141. The molecule has 0 aliphatic carbocycles. The van der Waals surface area contributed by atoms with Gasteiger partial charge in [-0.15, -0.1) is 0 Å². The molecule has 1 rings (SSSR count). The average Bonchev–Trinajstić information content (AvgIpc) is 2.82. The van der Waals surface area contributed by atoms with E-state index in [0.717, 1.165) is 19.4 Å². The van der Waals surface area contributed by atoms with Crippen LogP contribution in [0, 0.1) is 5.41 Å². The van der Waals surface area contributed by atoms with E-state index in [9.17, 15) is 9.59 Å². The number of carbonyl (C=O) groups excluding carboxylic acids is 1. The highest BCUT2D eigenvalue weighted by Gasteiger charge is 2.42. The molecule has 0 aromatic carbocycles. The molecule has 1 saturated heterocycles. The van der Waals surface area contributed by atoms with Crippen molar-refractivity contribution in [3.63, 3.8) is 0 Å². The van der Waals surface area contributed by atoms with E-state index in [1.54, 1.807) is 11.8 Å². The summed E-state index contributed by atoms with van der Waals surface area (Å²) < 4.78 is 0. The van der Waals surface area contributed by atoms with Crippen LogP contribution in [0.4, 0.5) is 4.79 Å². The molecule has 2 amide bonds. The fourth-order valence-corrected chi connectivity index (χ4v) is 2.36. The molecule has 122 valence electrons. The molecule has 2 N–H and O–H groups in total. The van der Waals surface area contributed by atoms with Crippen molar-refractivity contribution in [2.75, 3.05) is 33.2 Å². The van der Waals surface area contributed by atoms with Gasteiger partial charge in [0.15, 0.2) is 0 Å². The number of aliphatic carboxylic acids is 1. The fourth-order valence-electron chi connectivity index (χ4n) is 2.36. The Morgan fingerprint density at radius 2 is 2.05 bits per heavy atom. The lowest BCUT2D eigenvalue weighted by Gasteiger charge is -2.22. The SMILES string of the molecule is CC(C)N(C)CCCCNC(=O)N1CCC(C)(C(=O)O)C1. The van der Waals surface area contributed by atoms with E-state index < -0.39 is 11.4 Å². The van der Waals surface area contributed by atoms with E-state index >= 15 is 0 Å². The summed E-state index contributed by atoms with van der Waals surface area (Å²) in [5.41, 5.74) is -0.794. The molecule has 0 aromatic rings. The maximum atomic E-state index is 12.0. The van der Waals surface area contributed by atoms with Crippen LogP contribution in [0.5, 0.6) is 0 Å².